The van der Waals surface area contributed by atoms with Gasteiger partial charge in [-0.3, -0.25) is 9.78 Å². The van der Waals surface area contributed by atoms with Gasteiger partial charge in [-0.2, -0.15) is 0 Å². The Labute approximate surface area is 107 Å². The molecule has 1 heterocycles. The lowest BCUT2D eigenvalue weighted by molar-refractivity contribution is -0.140. The number of pyridine rings is 1. The van der Waals surface area contributed by atoms with Gasteiger partial charge in [0, 0.05) is 18.8 Å². The summed E-state index contributed by atoms with van der Waals surface area (Å²) in [5.41, 5.74) is 1.11. The van der Waals surface area contributed by atoms with Gasteiger partial charge in [-0.25, -0.2) is 4.79 Å². The van der Waals surface area contributed by atoms with E-state index in [9.17, 15) is 9.59 Å². The first-order chi connectivity index (χ1) is 8.69. The van der Waals surface area contributed by atoms with Crippen molar-refractivity contribution in [2.24, 2.45) is 0 Å². The van der Waals surface area contributed by atoms with Gasteiger partial charge in [0.25, 0.3) is 0 Å². The Bertz CT molecular complexity index is 390. The SMILES string of the molecule is CC.COC(=O)CCc1cnccc1C(=O)OC. The van der Waals surface area contributed by atoms with Gasteiger partial charge in [-0.15, -0.1) is 0 Å². The molecule has 5 heteroatoms. The molecule has 0 aliphatic rings. The summed E-state index contributed by atoms with van der Waals surface area (Å²) in [6, 6.07) is 1.57. The molecular weight excluding hydrogens is 234 g/mol. The topological polar surface area (TPSA) is 65.5 Å². The van der Waals surface area contributed by atoms with Gasteiger partial charge in [0.1, 0.15) is 0 Å². The molecule has 0 aromatic carbocycles. The molecule has 1 aromatic rings. The molecule has 0 bridgehead atoms. The lowest BCUT2D eigenvalue weighted by Crippen LogP contribution is -2.08. The van der Waals surface area contributed by atoms with Crippen LogP contribution in [-0.2, 0) is 20.7 Å². The van der Waals surface area contributed by atoms with Crippen molar-refractivity contribution in [3.05, 3.63) is 29.6 Å². The standard InChI is InChI=1S/C11H13NO4.C2H6/c1-15-10(13)4-3-8-7-12-6-5-9(8)11(14)16-2;1-2/h5-7H,3-4H2,1-2H3;1-2H3. The average Bonchev–Trinajstić information content (AvgIpc) is 2.46. The van der Waals surface area contributed by atoms with Crippen LogP contribution in [0.2, 0.25) is 0 Å². The van der Waals surface area contributed by atoms with E-state index in [1.54, 1.807) is 12.3 Å². The summed E-state index contributed by atoms with van der Waals surface area (Å²) in [6.07, 6.45) is 3.68. The van der Waals surface area contributed by atoms with Crippen molar-refractivity contribution >= 4 is 11.9 Å². The fourth-order valence-electron chi connectivity index (χ4n) is 1.27. The van der Waals surface area contributed by atoms with Crippen molar-refractivity contribution in [1.82, 2.24) is 4.98 Å². The molecule has 0 saturated heterocycles. The van der Waals surface area contributed by atoms with Crippen LogP contribution in [0.15, 0.2) is 18.5 Å². The third kappa shape index (κ3) is 4.95. The minimum absolute atomic E-state index is 0.214. The molecule has 18 heavy (non-hydrogen) atoms. The maximum absolute atomic E-state index is 11.4. The van der Waals surface area contributed by atoms with E-state index in [-0.39, 0.29) is 12.4 Å². The number of hydrogen-bond acceptors (Lipinski definition) is 5. The number of esters is 2. The maximum atomic E-state index is 11.4. The van der Waals surface area contributed by atoms with Crippen LogP contribution in [-0.4, -0.2) is 31.1 Å². The quantitative estimate of drug-likeness (QED) is 0.768. The Hall–Kier alpha value is -1.91. The van der Waals surface area contributed by atoms with E-state index in [2.05, 4.69) is 14.5 Å². The second kappa shape index (κ2) is 9.15. The molecule has 100 valence electrons. The van der Waals surface area contributed by atoms with Crippen LogP contribution in [0.5, 0.6) is 0 Å². The Morgan fingerprint density at radius 3 is 2.44 bits per heavy atom. The van der Waals surface area contributed by atoms with E-state index in [1.807, 2.05) is 13.8 Å². The molecule has 0 aliphatic heterocycles. The number of aromatic nitrogens is 1. The second-order valence-electron chi connectivity index (χ2n) is 3.10. The number of aryl methyl sites for hydroxylation is 1. The Morgan fingerprint density at radius 2 is 1.89 bits per heavy atom. The first-order valence-electron chi connectivity index (χ1n) is 5.77. The lowest BCUT2D eigenvalue weighted by atomic mass is 10.1. The van der Waals surface area contributed by atoms with Crippen LogP contribution in [0.25, 0.3) is 0 Å². The number of methoxy groups -OCH3 is 2. The smallest absolute Gasteiger partial charge is 0.338 e. The van der Waals surface area contributed by atoms with Crippen molar-refractivity contribution in [3.8, 4) is 0 Å². The highest BCUT2D eigenvalue weighted by Gasteiger charge is 2.12. The van der Waals surface area contributed by atoms with Gasteiger partial charge in [-0.1, -0.05) is 13.8 Å². The van der Waals surface area contributed by atoms with E-state index in [0.717, 1.165) is 0 Å². The van der Waals surface area contributed by atoms with Crippen molar-refractivity contribution in [1.29, 1.82) is 0 Å². The Kier molecular flexibility index (Phi) is 8.18. The highest BCUT2D eigenvalue weighted by Crippen LogP contribution is 2.11. The molecule has 1 rings (SSSR count). The number of nitrogens with zero attached hydrogens (tertiary/aromatic N) is 1. The van der Waals surface area contributed by atoms with Gasteiger partial charge in [0.2, 0.25) is 0 Å². The van der Waals surface area contributed by atoms with Crippen LogP contribution in [0.3, 0.4) is 0 Å². The van der Waals surface area contributed by atoms with Gasteiger partial charge in [0.05, 0.1) is 19.8 Å². The van der Waals surface area contributed by atoms with Crippen molar-refractivity contribution < 1.29 is 19.1 Å². The normalized spacial score (nSPS) is 8.89. The van der Waals surface area contributed by atoms with Crippen molar-refractivity contribution in [2.45, 2.75) is 26.7 Å². The van der Waals surface area contributed by atoms with Gasteiger partial charge in [0.15, 0.2) is 0 Å². The third-order valence-corrected chi connectivity index (χ3v) is 2.14. The summed E-state index contributed by atoms with van der Waals surface area (Å²) >= 11 is 0. The van der Waals surface area contributed by atoms with E-state index in [0.29, 0.717) is 17.5 Å². The molecule has 0 aliphatic carbocycles. The molecular formula is C13H19NO4. The molecule has 0 fully saturated rings. The molecule has 0 atom stereocenters. The van der Waals surface area contributed by atoms with E-state index >= 15 is 0 Å². The Balaban J connectivity index is 0.00000137. The molecule has 0 amide bonds. The third-order valence-electron chi connectivity index (χ3n) is 2.14. The van der Waals surface area contributed by atoms with Gasteiger partial charge >= 0.3 is 11.9 Å². The highest BCUT2D eigenvalue weighted by atomic mass is 16.5. The monoisotopic (exact) mass is 253 g/mol. The molecule has 5 nitrogen and oxygen atoms in total. The van der Waals surface area contributed by atoms with Crippen LogP contribution >= 0.6 is 0 Å². The zero-order valence-electron chi connectivity index (χ0n) is 11.2. The molecule has 0 spiro atoms. The predicted molar refractivity (Wildman–Crippen MR) is 67.3 cm³/mol. The van der Waals surface area contributed by atoms with Crippen LogP contribution in [0.4, 0.5) is 0 Å². The fourth-order valence-corrected chi connectivity index (χ4v) is 1.27. The Morgan fingerprint density at radius 1 is 1.22 bits per heavy atom. The summed E-state index contributed by atoms with van der Waals surface area (Å²) in [4.78, 5) is 26.3. The van der Waals surface area contributed by atoms with Gasteiger partial charge < -0.3 is 9.47 Å². The van der Waals surface area contributed by atoms with Gasteiger partial charge in [-0.05, 0) is 18.1 Å². The second-order valence-corrected chi connectivity index (χ2v) is 3.10. The molecule has 0 unspecified atom stereocenters. The lowest BCUT2D eigenvalue weighted by Gasteiger charge is -2.05. The molecule has 0 N–H and O–H groups in total. The summed E-state index contributed by atoms with van der Waals surface area (Å²) in [5.74, 6) is -0.748. The van der Waals surface area contributed by atoms with E-state index in [4.69, 9.17) is 0 Å². The summed E-state index contributed by atoms with van der Waals surface area (Å²) < 4.78 is 9.15. The maximum Gasteiger partial charge on any atom is 0.338 e. The number of ether oxygens (including phenoxy) is 2. The van der Waals surface area contributed by atoms with Crippen LogP contribution in [0.1, 0.15) is 36.2 Å². The average molecular weight is 253 g/mol. The molecule has 1 aromatic heterocycles. The highest BCUT2D eigenvalue weighted by molar-refractivity contribution is 5.90. The number of hydrogen-bond donors (Lipinski definition) is 0. The number of carbonyl (C=O) groups is 2. The van der Waals surface area contributed by atoms with E-state index < -0.39 is 5.97 Å². The first-order valence-corrected chi connectivity index (χ1v) is 5.77. The molecule has 0 radical (unpaired) electrons. The minimum Gasteiger partial charge on any atom is -0.469 e. The number of carbonyl (C=O) groups excluding carboxylic acids is 2. The zero-order valence-corrected chi connectivity index (χ0v) is 11.2. The van der Waals surface area contributed by atoms with Crippen molar-refractivity contribution in [2.75, 3.05) is 14.2 Å². The van der Waals surface area contributed by atoms with Crippen LogP contribution in [0, 0.1) is 0 Å². The number of rotatable bonds is 4. The zero-order chi connectivity index (χ0) is 14.0. The fraction of sp³-hybridized carbons (Fsp3) is 0.462. The van der Waals surface area contributed by atoms with Crippen molar-refractivity contribution in [3.63, 3.8) is 0 Å². The van der Waals surface area contributed by atoms with Crippen LogP contribution < -0.4 is 0 Å². The molecule has 0 saturated carbocycles. The van der Waals surface area contributed by atoms with E-state index in [1.165, 1.54) is 20.4 Å². The summed E-state index contributed by atoms with van der Waals surface area (Å²) in [5, 5.41) is 0. The predicted octanol–water partition coefficient (Wildman–Crippen LogP) is 2.00. The first kappa shape index (κ1) is 16.1. The largest absolute Gasteiger partial charge is 0.469 e. The summed E-state index contributed by atoms with van der Waals surface area (Å²) in [7, 11) is 2.64. The summed E-state index contributed by atoms with van der Waals surface area (Å²) in [6.45, 7) is 4.00. The minimum atomic E-state index is -0.428.